The lowest BCUT2D eigenvalue weighted by Gasteiger charge is -2.16. The number of carbonyl (C=O) groups excluding carboxylic acids is 4. The molecule has 0 bridgehead atoms. The summed E-state index contributed by atoms with van der Waals surface area (Å²) in [5, 5.41) is 10.9. The van der Waals surface area contributed by atoms with Crippen LogP contribution in [0.2, 0.25) is 10.0 Å². The van der Waals surface area contributed by atoms with Gasteiger partial charge in [-0.1, -0.05) is 34.8 Å². The van der Waals surface area contributed by atoms with Gasteiger partial charge in [0.2, 0.25) is 10.0 Å². The first-order valence-electron chi connectivity index (χ1n) is 15.5. The summed E-state index contributed by atoms with van der Waals surface area (Å²) in [6, 6.07) is 9.83. The number of nitrogens with one attached hydrogen (secondary N) is 1. The molecule has 20 heteroatoms. The van der Waals surface area contributed by atoms with Crippen LogP contribution in [-0.2, 0) is 35.3 Å². The predicted octanol–water partition coefficient (Wildman–Crippen LogP) is 7.98. The van der Waals surface area contributed by atoms with Crippen molar-refractivity contribution in [2.75, 3.05) is 17.8 Å². The standard InChI is InChI=1S/C19H17Cl2NO4.C15H10ClF3N2O6S/c1-2-26-19(25)16(21)10-11-9-12(7-8-15(11)20)22-17(23)13-5-3-4-6-14(13)18(22)24;1-28(25,26)20-14(22)10-7-9(3-4-12(10)21(23)24)27-13-5-2-8(6-11(13)16)15(17,18)19/h7-10H,2-6H2,1H3;2-7H,1H3,(H,20,22)/b16-10-;. The highest BCUT2D eigenvalue weighted by Crippen LogP contribution is 2.38. The minimum absolute atomic E-state index is 0.137. The Balaban J connectivity index is 0.000000241. The highest BCUT2D eigenvalue weighted by Gasteiger charge is 2.40. The number of ether oxygens (including phenoxy) is 2. The van der Waals surface area contributed by atoms with Gasteiger partial charge >= 0.3 is 12.1 Å². The van der Waals surface area contributed by atoms with Crippen molar-refractivity contribution in [3.63, 3.8) is 0 Å². The topological polar surface area (TPSA) is 179 Å². The van der Waals surface area contributed by atoms with Crippen LogP contribution in [0, 0.1) is 10.1 Å². The van der Waals surface area contributed by atoms with Gasteiger partial charge < -0.3 is 9.47 Å². The number of anilines is 1. The Labute approximate surface area is 320 Å². The Morgan fingerprint density at radius 2 is 1.61 bits per heavy atom. The van der Waals surface area contributed by atoms with Crippen LogP contribution in [0.15, 0.2) is 70.8 Å². The van der Waals surface area contributed by atoms with E-state index in [0.717, 1.165) is 37.1 Å². The zero-order valence-corrected chi connectivity index (χ0v) is 31.0. The lowest BCUT2D eigenvalue weighted by Crippen LogP contribution is -2.31. The molecule has 286 valence electrons. The maximum atomic E-state index is 12.7. The van der Waals surface area contributed by atoms with Gasteiger partial charge in [0.05, 0.1) is 34.1 Å². The molecule has 0 saturated heterocycles. The molecule has 3 aromatic carbocycles. The number of alkyl halides is 3. The zero-order chi connectivity index (χ0) is 40.1. The summed E-state index contributed by atoms with van der Waals surface area (Å²) in [4.78, 5) is 60.3. The molecule has 1 aliphatic heterocycles. The summed E-state index contributed by atoms with van der Waals surface area (Å²) in [6.45, 7) is 1.87. The van der Waals surface area contributed by atoms with Crippen molar-refractivity contribution in [1.29, 1.82) is 0 Å². The normalized spacial score (nSPS) is 14.6. The third-order valence-corrected chi connectivity index (χ3v) is 9.01. The van der Waals surface area contributed by atoms with E-state index in [2.05, 4.69) is 0 Å². The highest BCUT2D eigenvalue weighted by molar-refractivity contribution is 7.89. The summed E-state index contributed by atoms with van der Waals surface area (Å²) in [7, 11) is -4.00. The van der Waals surface area contributed by atoms with Crippen molar-refractivity contribution < 1.29 is 55.2 Å². The van der Waals surface area contributed by atoms with E-state index in [1.807, 2.05) is 0 Å². The maximum absolute atomic E-state index is 12.7. The van der Waals surface area contributed by atoms with Gasteiger partial charge in [-0.25, -0.2) is 22.8 Å². The number of rotatable bonds is 9. The van der Waals surface area contributed by atoms with Crippen LogP contribution in [0.25, 0.3) is 6.08 Å². The number of sulfonamides is 1. The quantitative estimate of drug-likeness (QED) is 0.0731. The molecule has 0 saturated carbocycles. The first kappa shape index (κ1) is 41.8. The lowest BCUT2D eigenvalue weighted by atomic mass is 9.93. The molecule has 0 aromatic heterocycles. The van der Waals surface area contributed by atoms with Crippen molar-refractivity contribution in [3.8, 4) is 11.5 Å². The molecule has 1 N–H and O–H groups in total. The molecule has 54 heavy (non-hydrogen) atoms. The van der Waals surface area contributed by atoms with Gasteiger partial charge in [0, 0.05) is 28.3 Å². The Morgan fingerprint density at radius 3 is 2.15 bits per heavy atom. The number of hydrogen-bond donors (Lipinski definition) is 1. The van der Waals surface area contributed by atoms with E-state index in [-0.39, 0.29) is 35.0 Å². The number of nitro benzene ring substituents is 1. The monoisotopic (exact) mass is 831 g/mol. The lowest BCUT2D eigenvalue weighted by molar-refractivity contribution is -0.385. The summed E-state index contributed by atoms with van der Waals surface area (Å²) < 4.78 is 72.1. The van der Waals surface area contributed by atoms with Crippen molar-refractivity contribution in [2.24, 2.45) is 0 Å². The highest BCUT2D eigenvalue weighted by atomic mass is 35.5. The van der Waals surface area contributed by atoms with Gasteiger partial charge in [0.1, 0.15) is 22.1 Å². The van der Waals surface area contributed by atoms with E-state index >= 15 is 0 Å². The third-order valence-electron chi connectivity index (χ3n) is 7.56. The molecule has 1 heterocycles. The predicted molar refractivity (Wildman–Crippen MR) is 192 cm³/mol. The minimum atomic E-state index is -4.62. The molecule has 0 fully saturated rings. The Kier molecular flexibility index (Phi) is 13.2. The molecule has 0 spiro atoms. The van der Waals surface area contributed by atoms with Crippen molar-refractivity contribution in [2.45, 2.75) is 38.8 Å². The van der Waals surface area contributed by atoms with E-state index in [1.54, 1.807) is 29.8 Å². The molecule has 3 aromatic rings. The number of carbonyl (C=O) groups is 4. The van der Waals surface area contributed by atoms with Crippen molar-refractivity contribution >= 4 is 86.0 Å². The van der Waals surface area contributed by atoms with E-state index in [9.17, 15) is 50.9 Å². The molecule has 0 unspecified atom stereocenters. The van der Waals surface area contributed by atoms with E-state index in [4.69, 9.17) is 44.3 Å². The second-order valence-electron chi connectivity index (χ2n) is 11.4. The molecule has 3 amide bonds. The molecule has 5 rings (SSSR count). The number of halogens is 6. The fraction of sp³-hybridized carbons (Fsp3) is 0.235. The summed E-state index contributed by atoms with van der Waals surface area (Å²) >= 11 is 17.9. The second kappa shape index (κ2) is 17.0. The van der Waals surface area contributed by atoms with Gasteiger partial charge in [-0.3, -0.25) is 24.5 Å². The van der Waals surface area contributed by atoms with Crippen LogP contribution >= 0.6 is 34.8 Å². The maximum Gasteiger partial charge on any atom is 0.416 e. The second-order valence-corrected chi connectivity index (χ2v) is 14.4. The average molecular weight is 833 g/mol. The average Bonchev–Trinajstić information content (AvgIpc) is 3.34. The van der Waals surface area contributed by atoms with Crippen LogP contribution in [0.5, 0.6) is 11.5 Å². The van der Waals surface area contributed by atoms with E-state index in [1.165, 1.54) is 11.0 Å². The number of amides is 3. The molecule has 2 aliphatic rings. The summed E-state index contributed by atoms with van der Waals surface area (Å²) in [6.07, 6.45) is 0.511. The number of benzene rings is 3. The Morgan fingerprint density at radius 1 is 0.981 bits per heavy atom. The van der Waals surface area contributed by atoms with Gasteiger partial charge in [0.15, 0.2) is 0 Å². The van der Waals surface area contributed by atoms with Crippen molar-refractivity contribution in [3.05, 3.63) is 108 Å². The van der Waals surface area contributed by atoms with Crippen LogP contribution in [0.3, 0.4) is 0 Å². The van der Waals surface area contributed by atoms with Crippen LogP contribution in [-0.4, -0.2) is 49.9 Å². The largest absolute Gasteiger partial charge is 0.462 e. The van der Waals surface area contributed by atoms with Gasteiger partial charge in [-0.05, 0) is 86.7 Å². The smallest absolute Gasteiger partial charge is 0.416 e. The van der Waals surface area contributed by atoms with Gasteiger partial charge in [0.25, 0.3) is 23.4 Å². The molecular weight excluding hydrogens is 806 g/mol. The number of nitrogens with zero attached hydrogens (tertiary/aromatic N) is 2. The van der Waals surface area contributed by atoms with Gasteiger partial charge in [-0.15, -0.1) is 0 Å². The van der Waals surface area contributed by atoms with E-state index in [0.29, 0.717) is 58.6 Å². The number of nitro groups is 1. The molecule has 0 atom stereocenters. The number of hydrogen-bond acceptors (Lipinski definition) is 10. The van der Waals surface area contributed by atoms with Crippen LogP contribution < -0.4 is 14.4 Å². The molecule has 0 radical (unpaired) electrons. The summed E-state index contributed by atoms with van der Waals surface area (Å²) in [5.41, 5.74) is -0.300. The van der Waals surface area contributed by atoms with Gasteiger partial charge in [-0.2, -0.15) is 13.2 Å². The number of imide groups is 1. The van der Waals surface area contributed by atoms with Crippen LogP contribution in [0.1, 0.15) is 54.1 Å². The minimum Gasteiger partial charge on any atom is -0.462 e. The van der Waals surface area contributed by atoms with Crippen LogP contribution in [0.4, 0.5) is 24.5 Å². The molecular formula is C34H27Cl3F3N3O10S. The first-order chi connectivity index (χ1) is 25.2. The Bertz CT molecular complexity index is 2200. The first-order valence-corrected chi connectivity index (χ1v) is 18.5. The fourth-order valence-electron chi connectivity index (χ4n) is 5.18. The zero-order valence-electron chi connectivity index (χ0n) is 28.0. The van der Waals surface area contributed by atoms with Crippen molar-refractivity contribution in [1.82, 2.24) is 4.72 Å². The number of esters is 1. The SMILES string of the molecule is CCOC(=O)/C(Cl)=C/c1cc(N2C(=O)C3=C(CCCC3)C2=O)ccc1Cl.CS(=O)(=O)NC(=O)c1cc(Oc2ccc(C(F)(F)F)cc2Cl)ccc1[N+](=O)[O-]. The fourth-order valence-corrected chi connectivity index (χ4v) is 6.19. The molecule has 13 nitrogen and oxygen atoms in total. The Hall–Kier alpha value is -4.97. The molecule has 1 aliphatic carbocycles. The van der Waals surface area contributed by atoms with E-state index < -0.39 is 54.8 Å². The third kappa shape index (κ3) is 10.2. The summed E-state index contributed by atoms with van der Waals surface area (Å²) in [5.74, 6) is -2.90.